The van der Waals surface area contributed by atoms with Crippen LogP contribution in [0.1, 0.15) is 46.3 Å². The minimum atomic E-state index is -1.15. The lowest BCUT2D eigenvalue weighted by Crippen LogP contribution is -2.30. The zero-order chi connectivity index (χ0) is 24.0. The third kappa shape index (κ3) is 11.6. The van der Waals surface area contributed by atoms with Crippen molar-refractivity contribution >= 4 is 12.8 Å². The Bertz CT molecular complexity index is 824. The Morgan fingerprint density at radius 3 is 1.61 bits per heavy atom. The van der Waals surface area contributed by atoms with Crippen molar-refractivity contribution in [3.05, 3.63) is 78.4 Å². The van der Waals surface area contributed by atoms with Gasteiger partial charge in [-0.2, -0.15) is 0 Å². The molecular weight excluding hydrogens is 392 g/mol. The Kier molecular flexibility index (Phi) is 12.5. The lowest BCUT2D eigenvalue weighted by molar-refractivity contribution is -0.147. The highest BCUT2D eigenvalue weighted by molar-refractivity contribution is 5.70. The SMILES string of the molecule is C=C(C)C.C=C(C)C=O.COc1ccc(-c2ccc(C(OC=O)C(C)(C)O)cc2)cc1. The van der Waals surface area contributed by atoms with Crippen molar-refractivity contribution < 1.29 is 24.2 Å². The summed E-state index contributed by atoms with van der Waals surface area (Å²) >= 11 is 0. The highest BCUT2D eigenvalue weighted by Crippen LogP contribution is 2.30. The Balaban J connectivity index is 0.000000846. The second-order valence-corrected chi connectivity index (χ2v) is 7.79. The van der Waals surface area contributed by atoms with E-state index in [1.807, 2.05) is 62.4 Å². The number of carbonyl (C=O) groups is 2. The van der Waals surface area contributed by atoms with Crippen LogP contribution in [0.4, 0.5) is 0 Å². The molecule has 0 aliphatic rings. The van der Waals surface area contributed by atoms with Crippen molar-refractivity contribution in [2.75, 3.05) is 7.11 Å². The van der Waals surface area contributed by atoms with Gasteiger partial charge in [0, 0.05) is 0 Å². The number of hydrogen-bond donors (Lipinski definition) is 1. The second-order valence-electron chi connectivity index (χ2n) is 7.79. The maximum absolute atomic E-state index is 10.6. The average molecular weight is 427 g/mol. The molecule has 0 saturated heterocycles. The molecule has 0 fully saturated rings. The lowest BCUT2D eigenvalue weighted by Gasteiger charge is -2.27. The molecule has 0 bridgehead atoms. The molecule has 168 valence electrons. The number of carbonyl (C=O) groups excluding carboxylic acids is 2. The molecule has 0 aliphatic carbocycles. The molecule has 1 atom stereocenters. The van der Waals surface area contributed by atoms with Gasteiger partial charge in [-0.1, -0.05) is 48.6 Å². The first-order valence-electron chi connectivity index (χ1n) is 9.74. The Morgan fingerprint density at radius 2 is 1.32 bits per heavy atom. The molecule has 0 amide bonds. The zero-order valence-corrected chi connectivity index (χ0v) is 19.3. The van der Waals surface area contributed by atoms with Crippen molar-refractivity contribution in [2.45, 2.75) is 46.3 Å². The molecule has 31 heavy (non-hydrogen) atoms. The van der Waals surface area contributed by atoms with Crippen LogP contribution in [0.3, 0.4) is 0 Å². The topological polar surface area (TPSA) is 72.8 Å². The molecule has 2 aromatic carbocycles. The summed E-state index contributed by atoms with van der Waals surface area (Å²) in [6, 6.07) is 15.3. The molecule has 5 heteroatoms. The molecule has 5 nitrogen and oxygen atoms in total. The van der Waals surface area contributed by atoms with E-state index in [0.717, 1.165) is 28.7 Å². The Labute approximate surface area is 186 Å². The summed E-state index contributed by atoms with van der Waals surface area (Å²) in [4.78, 5) is 20.0. The maximum atomic E-state index is 10.6. The molecule has 0 aromatic heterocycles. The predicted octanol–water partition coefficient (Wildman–Crippen LogP) is 5.69. The standard InChI is InChI=1S/C18H20O4.C4H6O.C4H8/c1-18(2,20)17(22-12-19)15-6-4-13(5-7-15)14-8-10-16(21-3)11-9-14;1-4(2)3-5;1-4(2)3/h4-12,17,20H,1-3H3;3H,1H2,2H3;1H2,2-3H3. The van der Waals surface area contributed by atoms with E-state index in [2.05, 4.69) is 13.2 Å². The van der Waals surface area contributed by atoms with Crippen LogP contribution in [0.15, 0.2) is 72.8 Å². The average Bonchev–Trinajstić information content (AvgIpc) is 2.71. The molecule has 1 unspecified atom stereocenters. The molecule has 1 N–H and O–H groups in total. The van der Waals surface area contributed by atoms with E-state index in [0.29, 0.717) is 12.0 Å². The van der Waals surface area contributed by atoms with Crippen LogP contribution >= 0.6 is 0 Å². The number of allylic oxidation sites excluding steroid dienone is 2. The third-order valence-electron chi connectivity index (χ3n) is 3.67. The van der Waals surface area contributed by atoms with Gasteiger partial charge in [0.2, 0.25) is 0 Å². The molecule has 0 spiro atoms. The van der Waals surface area contributed by atoms with Crippen LogP contribution < -0.4 is 4.74 Å². The van der Waals surface area contributed by atoms with Crippen LogP contribution in [-0.2, 0) is 14.3 Å². The summed E-state index contributed by atoms with van der Waals surface area (Å²) in [7, 11) is 1.63. The lowest BCUT2D eigenvalue weighted by atomic mass is 9.93. The summed E-state index contributed by atoms with van der Waals surface area (Å²) < 4.78 is 10.2. The fourth-order valence-corrected chi connectivity index (χ4v) is 2.34. The van der Waals surface area contributed by atoms with E-state index < -0.39 is 11.7 Å². The van der Waals surface area contributed by atoms with Gasteiger partial charge in [0.25, 0.3) is 6.47 Å². The van der Waals surface area contributed by atoms with Crippen molar-refractivity contribution in [3.63, 3.8) is 0 Å². The monoisotopic (exact) mass is 426 g/mol. The molecule has 0 aliphatic heterocycles. The van der Waals surface area contributed by atoms with E-state index in [1.54, 1.807) is 27.9 Å². The number of ether oxygens (including phenoxy) is 2. The summed E-state index contributed by atoms with van der Waals surface area (Å²) in [5.41, 5.74) is 3.43. The molecule has 0 heterocycles. The Morgan fingerprint density at radius 1 is 0.935 bits per heavy atom. The summed E-state index contributed by atoms with van der Waals surface area (Å²) in [5.74, 6) is 0.807. The van der Waals surface area contributed by atoms with E-state index in [9.17, 15) is 14.7 Å². The van der Waals surface area contributed by atoms with Crippen LogP contribution in [0.5, 0.6) is 5.75 Å². The van der Waals surface area contributed by atoms with Crippen LogP contribution in [0, 0.1) is 0 Å². The van der Waals surface area contributed by atoms with Crippen molar-refractivity contribution in [2.24, 2.45) is 0 Å². The van der Waals surface area contributed by atoms with Gasteiger partial charge in [-0.15, -0.1) is 6.58 Å². The highest BCUT2D eigenvalue weighted by atomic mass is 16.5. The second kappa shape index (κ2) is 13.9. The first-order chi connectivity index (χ1) is 14.5. The molecule has 2 aromatic rings. The smallest absolute Gasteiger partial charge is 0.293 e. The normalized spacial score (nSPS) is 10.8. The van der Waals surface area contributed by atoms with Gasteiger partial charge in [0.05, 0.1) is 7.11 Å². The summed E-state index contributed by atoms with van der Waals surface area (Å²) in [5, 5.41) is 10.1. The fraction of sp³-hybridized carbons (Fsp3) is 0.308. The quantitative estimate of drug-likeness (QED) is 0.350. The van der Waals surface area contributed by atoms with Gasteiger partial charge in [-0.3, -0.25) is 9.59 Å². The number of aliphatic hydroxyl groups is 1. The first-order valence-corrected chi connectivity index (χ1v) is 9.74. The first kappa shape index (κ1) is 27.8. The minimum absolute atomic E-state index is 0.361. The van der Waals surface area contributed by atoms with E-state index in [4.69, 9.17) is 9.47 Å². The summed E-state index contributed by atoms with van der Waals surface area (Å²) in [6.45, 7) is 16.0. The van der Waals surface area contributed by atoms with Crippen molar-refractivity contribution in [1.82, 2.24) is 0 Å². The maximum Gasteiger partial charge on any atom is 0.293 e. The van der Waals surface area contributed by atoms with Gasteiger partial charge in [0.1, 0.15) is 17.6 Å². The van der Waals surface area contributed by atoms with E-state index in [-0.39, 0.29) is 0 Å². The van der Waals surface area contributed by atoms with Gasteiger partial charge >= 0.3 is 0 Å². The molecule has 2 rings (SSSR count). The highest BCUT2D eigenvalue weighted by Gasteiger charge is 2.30. The van der Waals surface area contributed by atoms with Crippen molar-refractivity contribution in [1.29, 1.82) is 0 Å². The van der Waals surface area contributed by atoms with Gasteiger partial charge in [-0.05, 0) is 69.0 Å². The Hall–Kier alpha value is -3.18. The number of hydrogen-bond acceptors (Lipinski definition) is 5. The van der Waals surface area contributed by atoms with Crippen molar-refractivity contribution in [3.8, 4) is 16.9 Å². The van der Waals surface area contributed by atoms with Gasteiger partial charge < -0.3 is 14.6 Å². The number of benzene rings is 2. The molecule has 0 saturated carbocycles. The van der Waals surface area contributed by atoms with E-state index >= 15 is 0 Å². The third-order valence-corrected chi connectivity index (χ3v) is 3.67. The zero-order valence-electron chi connectivity index (χ0n) is 19.3. The number of aldehydes is 1. The minimum Gasteiger partial charge on any atom is -0.497 e. The van der Waals surface area contributed by atoms with Gasteiger partial charge in [0.15, 0.2) is 6.10 Å². The van der Waals surface area contributed by atoms with Crippen LogP contribution in [-0.4, -0.2) is 30.6 Å². The van der Waals surface area contributed by atoms with E-state index in [1.165, 1.54) is 5.57 Å². The fourth-order valence-electron chi connectivity index (χ4n) is 2.34. The largest absolute Gasteiger partial charge is 0.497 e. The van der Waals surface area contributed by atoms with Crippen LogP contribution in [0.2, 0.25) is 0 Å². The molecular formula is C26H34O5. The van der Waals surface area contributed by atoms with Crippen LogP contribution in [0.25, 0.3) is 11.1 Å². The number of methoxy groups -OCH3 is 1. The summed E-state index contributed by atoms with van der Waals surface area (Å²) in [6.07, 6.45) is 0.0231. The molecule has 0 radical (unpaired) electrons. The number of rotatable bonds is 7. The van der Waals surface area contributed by atoms with Gasteiger partial charge in [-0.25, -0.2) is 0 Å². The predicted molar refractivity (Wildman–Crippen MR) is 126 cm³/mol.